The van der Waals surface area contributed by atoms with Crippen LogP contribution < -0.4 is 4.74 Å². The van der Waals surface area contributed by atoms with Crippen molar-refractivity contribution in [3.05, 3.63) is 82.1 Å². The van der Waals surface area contributed by atoms with Gasteiger partial charge in [-0.25, -0.2) is 0 Å². The Morgan fingerprint density at radius 3 is 2.74 bits per heavy atom. The van der Waals surface area contributed by atoms with E-state index in [1.807, 2.05) is 62.6 Å². The predicted molar refractivity (Wildman–Crippen MR) is 106 cm³/mol. The summed E-state index contributed by atoms with van der Waals surface area (Å²) in [4.78, 5) is 14.4. The molecule has 0 N–H and O–H groups in total. The van der Waals surface area contributed by atoms with E-state index in [0.717, 1.165) is 22.6 Å². The van der Waals surface area contributed by atoms with Crippen LogP contribution in [0.3, 0.4) is 0 Å². The average Bonchev–Trinajstić information content (AvgIpc) is 3.05. The van der Waals surface area contributed by atoms with Crippen molar-refractivity contribution in [2.24, 2.45) is 7.05 Å². The second-order valence-corrected chi connectivity index (χ2v) is 6.98. The summed E-state index contributed by atoms with van der Waals surface area (Å²) in [5.74, 6) is 0.730. The van der Waals surface area contributed by atoms with Gasteiger partial charge in [-0.3, -0.25) is 9.48 Å². The largest absolute Gasteiger partial charge is 0.489 e. The van der Waals surface area contributed by atoms with Gasteiger partial charge in [-0.1, -0.05) is 23.7 Å². The van der Waals surface area contributed by atoms with Crippen LogP contribution in [0, 0.1) is 6.92 Å². The molecule has 0 atom stereocenters. The first-order chi connectivity index (χ1) is 12.9. The molecule has 5 nitrogen and oxygen atoms in total. The van der Waals surface area contributed by atoms with Crippen molar-refractivity contribution < 1.29 is 9.53 Å². The van der Waals surface area contributed by atoms with E-state index in [1.165, 1.54) is 0 Å². The van der Waals surface area contributed by atoms with E-state index in [2.05, 4.69) is 5.10 Å². The second kappa shape index (κ2) is 8.27. The van der Waals surface area contributed by atoms with Crippen LogP contribution in [0.25, 0.3) is 0 Å². The Hall–Kier alpha value is -2.79. The van der Waals surface area contributed by atoms with Gasteiger partial charge in [0.15, 0.2) is 0 Å². The lowest BCUT2D eigenvalue weighted by atomic mass is 10.1. The quantitative estimate of drug-likeness (QED) is 0.639. The Balaban J connectivity index is 1.66. The first-order valence-corrected chi connectivity index (χ1v) is 9.02. The number of rotatable bonds is 6. The molecular formula is C21H22ClN3O2. The summed E-state index contributed by atoms with van der Waals surface area (Å²) in [6, 6.07) is 14.9. The summed E-state index contributed by atoms with van der Waals surface area (Å²) in [6.07, 6.45) is 1.87. The highest BCUT2D eigenvalue weighted by molar-refractivity contribution is 6.30. The number of carbonyl (C=O) groups is 1. The molecule has 3 aromatic rings. The van der Waals surface area contributed by atoms with Gasteiger partial charge in [0.05, 0.1) is 12.2 Å². The molecule has 6 heteroatoms. The van der Waals surface area contributed by atoms with E-state index in [0.29, 0.717) is 23.7 Å². The zero-order chi connectivity index (χ0) is 19.4. The molecule has 2 aromatic carbocycles. The molecule has 0 radical (unpaired) electrons. The third-order valence-corrected chi connectivity index (χ3v) is 4.46. The van der Waals surface area contributed by atoms with Gasteiger partial charge in [0.2, 0.25) is 0 Å². The van der Waals surface area contributed by atoms with Crippen molar-refractivity contribution in [3.63, 3.8) is 0 Å². The van der Waals surface area contributed by atoms with Crippen molar-refractivity contribution in [3.8, 4) is 5.75 Å². The van der Waals surface area contributed by atoms with Crippen molar-refractivity contribution >= 4 is 17.5 Å². The molecule has 0 aliphatic carbocycles. The van der Waals surface area contributed by atoms with Gasteiger partial charge in [-0.15, -0.1) is 0 Å². The molecule has 1 heterocycles. The number of halogens is 1. The van der Waals surface area contributed by atoms with Gasteiger partial charge in [0, 0.05) is 30.9 Å². The molecule has 0 bridgehead atoms. The van der Waals surface area contributed by atoms with Crippen molar-refractivity contribution in [2.45, 2.75) is 20.1 Å². The molecule has 0 aliphatic heterocycles. The molecule has 3 rings (SSSR count). The normalized spacial score (nSPS) is 10.7. The lowest BCUT2D eigenvalue weighted by Gasteiger charge is -2.16. The predicted octanol–water partition coefficient (Wildman–Crippen LogP) is 4.23. The van der Waals surface area contributed by atoms with Crippen LogP contribution in [0.5, 0.6) is 5.75 Å². The van der Waals surface area contributed by atoms with Crippen LogP contribution in [0.2, 0.25) is 5.02 Å². The molecule has 0 saturated carbocycles. The first-order valence-electron chi connectivity index (χ1n) is 8.64. The zero-order valence-corrected chi connectivity index (χ0v) is 16.4. The van der Waals surface area contributed by atoms with Crippen LogP contribution in [-0.2, 0) is 20.2 Å². The molecule has 140 valence electrons. The first kappa shape index (κ1) is 19.0. The minimum absolute atomic E-state index is 0.0508. The fraction of sp³-hybridized carbons (Fsp3) is 0.238. The fourth-order valence-electron chi connectivity index (χ4n) is 2.81. The Bertz CT molecular complexity index is 952. The van der Waals surface area contributed by atoms with Crippen molar-refractivity contribution in [2.75, 3.05) is 7.05 Å². The van der Waals surface area contributed by atoms with E-state index >= 15 is 0 Å². The van der Waals surface area contributed by atoms with Gasteiger partial charge >= 0.3 is 0 Å². The molecule has 0 spiro atoms. The van der Waals surface area contributed by atoms with Gasteiger partial charge in [-0.05, 0) is 54.4 Å². The summed E-state index contributed by atoms with van der Waals surface area (Å²) in [5, 5.41) is 5.00. The summed E-state index contributed by atoms with van der Waals surface area (Å²) in [5.41, 5.74) is 3.39. The van der Waals surface area contributed by atoms with E-state index in [9.17, 15) is 4.79 Å². The summed E-state index contributed by atoms with van der Waals surface area (Å²) in [7, 11) is 3.63. The SMILES string of the molecule is Cc1cc(Cl)ccc1OCc1cccc(C(=O)N(C)Cc2ccn(C)n2)c1. The average molecular weight is 384 g/mol. The Morgan fingerprint density at radius 1 is 1.22 bits per heavy atom. The third-order valence-electron chi connectivity index (χ3n) is 4.22. The van der Waals surface area contributed by atoms with E-state index < -0.39 is 0 Å². The Kier molecular flexibility index (Phi) is 5.81. The van der Waals surface area contributed by atoms with Crippen LogP contribution in [-0.4, -0.2) is 27.6 Å². The number of hydrogen-bond donors (Lipinski definition) is 0. The second-order valence-electron chi connectivity index (χ2n) is 6.54. The van der Waals surface area contributed by atoms with Crippen LogP contribution in [0.15, 0.2) is 54.7 Å². The molecular weight excluding hydrogens is 362 g/mol. The molecule has 0 unspecified atom stereocenters. The molecule has 0 saturated heterocycles. The maximum absolute atomic E-state index is 12.7. The standard InChI is InChI=1S/C21H22ClN3O2/c1-15-11-18(22)7-8-20(15)27-14-16-5-4-6-17(12-16)21(26)24(2)13-19-9-10-25(3)23-19/h4-12H,13-14H2,1-3H3. The monoisotopic (exact) mass is 383 g/mol. The van der Waals surface area contributed by atoms with E-state index in [4.69, 9.17) is 16.3 Å². The van der Waals surface area contributed by atoms with Crippen molar-refractivity contribution in [1.29, 1.82) is 0 Å². The Labute approximate surface area is 164 Å². The number of carbonyl (C=O) groups excluding carboxylic acids is 1. The van der Waals surface area contributed by atoms with Gasteiger partial charge < -0.3 is 9.64 Å². The number of benzene rings is 2. The molecule has 27 heavy (non-hydrogen) atoms. The topological polar surface area (TPSA) is 47.4 Å². The minimum atomic E-state index is -0.0508. The highest BCUT2D eigenvalue weighted by atomic mass is 35.5. The third kappa shape index (κ3) is 4.89. The van der Waals surface area contributed by atoms with Crippen molar-refractivity contribution in [1.82, 2.24) is 14.7 Å². The zero-order valence-electron chi connectivity index (χ0n) is 15.6. The smallest absolute Gasteiger partial charge is 0.253 e. The number of hydrogen-bond acceptors (Lipinski definition) is 3. The lowest BCUT2D eigenvalue weighted by Crippen LogP contribution is -2.26. The molecule has 1 amide bonds. The number of aryl methyl sites for hydroxylation is 2. The highest BCUT2D eigenvalue weighted by Gasteiger charge is 2.14. The molecule has 0 aliphatic rings. The van der Waals surface area contributed by atoms with Crippen LogP contribution in [0.4, 0.5) is 0 Å². The minimum Gasteiger partial charge on any atom is -0.489 e. The van der Waals surface area contributed by atoms with Crippen LogP contribution in [0.1, 0.15) is 27.2 Å². The maximum atomic E-state index is 12.7. The fourth-order valence-corrected chi connectivity index (χ4v) is 3.04. The highest BCUT2D eigenvalue weighted by Crippen LogP contribution is 2.23. The van der Waals surface area contributed by atoms with Gasteiger partial charge in [0.25, 0.3) is 5.91 Å². The number of ether oxygens (including phenoxy) is 1. The van der Waals surface area contributed by atoms with Gasteiger partial charge in [-0.2, -0.15) is 5.10 Å². The Morgan fingerprint density at radius 2 is 2.04 bits per heavy atom. The summed E-state index contributed by atoms with van der Waals surface area (Å²) < 4.78 is 7.60. The maximum Gasteiger partial charge on any atom is 0.253 e. The summed E-state index contributed by atoms with van der Waals surface area (Å²) >= 11 is 5.98. The number of aromatic nitrogens is 2. The van der Waals surface area contributed by atoms with E-state index in [1.54, 1.807) is 22.7 Å². The number of amides is 1. The van der Waals surface area contributed by atoms with Gasteiger partial charge in [0.1, 0.15) is 12.4 Å². The van der Waals surface area contributed by atoms with E-state index in [-0.39, 0.29) is 5.91 Å². The molecule has 0 fully saturated rings. The number of nitrogens with zero attached hydrogens (tertiary/aromatic N) is 3. The van der Waals surface area contributed by atoms with Crippen LogP contribution >= 0.6 is 11.6 Å². The molecule has 1 aromatic heterocycles. The summed E-state index contributed by atoms with van der Waals surface area (Å²) in [6.45, 7) is 2.80. The lowest BCUT2D eigenvalue weighted by molar-refractivity contribution is 0.0783.